The molecule has 1 aliphatic heterocycles. The van der Waals surface area contributed by atoms with Gasteiger partial charge in [-0.3, -0.25) is 10.1 Å². The zero-order chi connectivity index (χ0) is 16.9. The van der Waals surface area contributed by atoms with Crippen LogP contribution in [0.25, 0.3) is 0 Å². The summed E-state index contributed by atoms with van der Waals surface area (Å²) in [6, 6.07) is -0.645. The second kappa shape index (κ2) is 7.19. The average Bonchev–Trinajstić information content (AvgIpc) is 2.38. The van der Waals surface area contributed by atoms with E-state index in [1.807, 2.05) is 0 Å². The van der Waals surface area contributed by atoms with E-state index in [1.165, 1.54) is 4.90 Å². The van der Waals surface area contributed by atoms with Crippen LogP contribution >= 0.6 is 0 Å². The van der Waals surface area contributed by atoms with Crippen molar-refractivity contribution in [3.63, 3.8) is 0 Å². The molecule has 9 heteroatoms. The Labute approximate surface area is 128 Å². The van der Waals surface area contributed by atoms with E-state index in [4.69, 9.17) is 10.1 Å². The first-order chi connectivity index (χ1) is 10.1. The minimum atomic E-state index is -1.38. The van der Waals surface area contributed by atoms with Crippen molar-refractivity contribution >= 4 is 12.3 Å². The molecular formula is C13H21FN4O4. The highest BCUT2D eigenvalue weighted by Crippen LogP contribution is 2.18. The van der Waals surface area contributed by atoms with Gasteiger partial charge < -0.3 is 20.4 Å². The second-order valence-corrected chi connectivity index (χ2v) is 5.97. The standard InChI is InChI=1S/C13H21FN4O4/c1-13(2,3)22-12(19)17-5-4-11(10(14)8-17)16-7-9(6-15)18(20)21/h6-7,10-11,15-16H,4-5,8H2,1-3H3/b9-7+,15-6?. The lowest BCUT2D eigenvalue weighted by atomic mass is 10.0. The van der Waals surface area contributed by atoms with Crippen LogP contribution in [0.2, 0.25) is 0 Å². The van der Waals surface area contributed by atoms with Crippen LogP contribution in [0.15, 0.2) is 11.9 Å². The van der Waals surface area contributed by atoms with Crippen LogP contribution in [0.5, 0.6) is 0 Å². The Morgan fingerprint density at radius 3 is 2.64 bits per heavy atom. The number of halogens is 1. The molecule has 1 aliphatic rings. The van der Waals surface area contributed by atoms with E-state index < -0.39 is 34.5 Å². The van der Waals surface area contributed by atoms with Crippen LogP contribution in [-0.2, 0) is 4.74 Å². The molecule has 0 saturated carbocycles. The molecule has 0 aromatic heterocycles. The lowest BCUT2D eigenvalue weighted by Gasteiger charge is -2.35. The zero-order valence-electron chi connectivity index (χ0n) is 12.8. The second-order valence-electron chi connectivity index (χ2n) is 5.97. The van der Waals surface area contributed by atoms with Crippen LogP contribution in [0.3, 0.4) is 0 Å². The van der Waals surface area contributed by atoms with Gasteiger partial charge >= 0.3 is 11.8 Å². The minimum absolute atomic E-state index is 0.140. The van der Waals surface area contributed by atoms with Crippen molar-refractivity contribution in [2.75, 3.05) is 13.1 Å². The third-order valence-corrected chi connectivity index (χ3v) is 3.00. The number of likely N-dealkylation sites (tertiary alicyclic amines) is 1. The van der Waals surface area contributed by atoms with Crippen LogP contribution in [0, 0.1) is 15.5 Å². The number of allylic oxidation sites excluding steroid dienone is 1. The largest absolute Gasteiger partial charge is 0.444 e. The molecule has 0 spiro atoms. The third kappa shape index (κ3) is 5.30. The van der Waals surface area contributed by atoms with Gasteiger partial charge in [-0.1, -0.05) is 0 Å². The number of ether oxygens (including phenoxy) is 1. The quantitative estimate of drug-likeness (QED) is 0.466. The topological polar surface area (TPSA) is 109 Å². The highest BCUT2D eigenvalue weighted by molar-refractivity contribution is 5.72. The molecule has 1 amide bonds. The van der Waals surface area contributed by atoms with Crippen LogP contribution < -0.4 is 5.32 Å². The summed E-state index contributed by atoms with van der Waals surface area (Å²) in [6.07, 6.45) is -0.0746. The van der Waals surface area contributed by atoms with Gasteiger partial charge in [0, 0.05) is 6.54 Å². The third-order valence-electron chi connectivity index (χ3n) is 3.00. The van der Waals surface area contributed by atoms with Crippen molar-refractivity contribution in [3.05, 3.63) is 22.0 Å². The van der Waals surface area contributed by atoms with E-state index >= 15 is 0 Å². The summed E-state index contributed by atoms with van der Waals surface area (Å²) in [5, 5.41) is 20.0. The Balaban J connectivity index is 2.58. The Hall–Kier alpha value is -2.19. The molecule has 0 bridgehead atoms. The molecule has 1 fully saturated rings. The number of alkyl halides is 1. The maximum Gasteiger partial charge on any atom is 0.410 e. The fraction of sp³-hybridized carbons (Fsp3) is 0.692. The summed E-state index contributed by atoms with van der Waals surface area (Å²) >= 11 is 0. The summed E-state index contributed by atoms with van der Waals surface area (Å²) in [5.74, 6) is 0. The summed E-state index contributed by atoms with van der Waals surface area (Å²) < 4.78 is 19.3. The molecule has 2 unspecified atom stereocenters. The summed E-state index contributed by atoms with van der Waals surface area (Å²) in [7, 11) is 0. The van der Waals surface area contributed by atoms with Crippen molar-refractivity contribution in [2.45, 2.75) is 45.0 Å². The van der Waals surface area contributed by atoms with Gasteiger partial charge in [0.1, 0.15) is 11.8 Å². The van der Waals surface area contributed by atoms with Gasteiger partial charge in [-0.25, -0.2) is 9.18 Å². The molecule has 0 radical (unpaired) electrons. The Morgan fingerprint density at radius 1 is 1.55 bits per heavy atom. The SMILES string of the molecule is CC(C)(C)OC(=O)N1CCC(N/C=C(\C=N)[N+](=O)[O-])C(F)C1. The number of hydrogen-bond donors (Lipinski definition) is 2. The first kappa shape index (κ1) is 17.9. The summed E-state index contributed by atoms with van der Waals surface area (Å²) in [6.45, 7) is 5.34. The Bertz CT molecular complexity index is 475. The van der Waals surface area contributed by atoms with Gasteiger partial charge in [0.25, 0.3) is 0 Å². The van der Waals surface area contributed by atoms with Gasteiger partial charge in [-0.15, -0.1) is 0 Å². The van der Waals surface area contributed by atoms with E-state index in [1.54, 1.807) is 20.8 Å². The first-order valence-electron chi connectivity index (χ1n) is 6.87. The maximum atomic E-state index is 14.1. The number of carbonyl (C=O) groups is 1. The van der Waals surface area contributed by atoms with Gasteiger partial charge in [0.15, 0.2) is 0 Å². The minimum Gasteiger partial charge on any atom is -0.444 e. The number of nitro groups is 1. The van der Waals surface area contributed by atoms with E-state index in [0.717, 1.165) is 6.20 Å². The van der Waals surface area contributed by atoms with E-state index in [2.05, 4.69) is 5.32 Å². The van der Waals surface area contributed by atoms with Crippen molar-refractivity contribution in [1.29, 1.82) is 5.41 Å². The molecule has 2 atom stereocenters. The maximum absolute atomic E-state index is 14.1. The van der Waals surface area contributed by atoms with E-state index in [9.17, 15) is 19.3 Å². The van der Waals surface area contributed by atoms with Gasteiger partial charge in [-0.05, 0) is 27.2 Å². The molecule has 2 N–H and O–H groups in total. The number of hydrogen-bond acceptors (Lipinski definition) is 6. The highest BCUT2D eigenvalue weighted by atomic mass is 19.1. The van der Waals surface area contributed by atoms with Crippen LogP contribution in [-0.4, -0.2) is 53.0 Å². The molecular weight excluding hydrogens is 295 g/mol. The normalized spacial score (nSPS) is 22.9. The number of amides is 1. The van der Waals surface area contributed by atoms with Gasteiger partial charge in [0.05, 0.1) is 29.9 Å². The molecule has 0 aromatic rings. The summed E-state index contributed by atoms with van der Waals surface area (Å²) in [4.78, 5) is 22.9. The molecule has 0 aromatic carbocycles. The smallest absolute Gasteiger partial charge is 0.410 e. The van der Waals surface area contributed by atoms with E-state index in [-0.39, 0.29) is 6.54 Å². The van der Waals surface area contributed by atoms with Crippen molar-refractivity contribution < 1.29 is 18.8 Å². The first-order valence-corrected chi connectivity index (χ1v) is 6.87. The average molecular weight is 316 g/mol. The monoisotopic (exact) mass is 316 g/mol. The van der Waals surface area contributed by atoms with E-state index in [0.29, 0.717) is 19.2 Å². The van der Waals surface area contributed by atoms with Crippen LogP contribution in [0.1, 0.15) is 27.2 Å². The molecule has 1 saturated heterocycles. The number of piperidine rings is 1. The fourth-order valence-electron chi connectivity index (χ4n) is 1.92. The zero-order valence-corrected chi connectivity index (χ0v) is 12.8. The molecule has 1 rings (SSSR count). The van der Waals surface area contributed by atoms with Crippen molar-refractivity contribution in [3.8, 4) is 0 Å². The molecule has 8 nitrogen and oxygen atoms in total. The number of nitrogens with zero attached hydrogens (tertiary/aromatic N) is 2. The number of nitrogens with one attached hydrogen (secondary N) is 2. The lowest BCUT2D eigenvalue weighted by Crippen LogP contribution is -2.52. The summed E-state index contributed by atoms with van der Waals surface area (Å²) in [5.41, 5.74) is -1.10. The molecule has 124 valence electrons. The Kier molecular flexibility index (Phi) is 5.84. The lowest BCUT2D eigenvalue weighted by molar-refractivity contribution is -0.414. The predicted octanol–water partition coefficient (Wildman–Crippen LogP) is 1.69. The predicted molar refractivity (Wildman–Crippen MR) is 78.1 cm³/mol. The van der Waals surface area contributed by atoms with Crippen molar-refractivity contribution in [2.24, 2.45) is 0 Å². The van der Waals surface area contributed by atoms with Gasteiger partial charge in [0.2, 0.25) is 0 Å². The van der Waals surface area contributed by atoms with Crippen LogP contribution in [0.4, 0.5) is 9.18 Å². The molecule has 1 heterocycles. The molecule has 22 heavy (non-hydrogen) atoms. The number of rotatable bonds is 4. The Morgan fingerprint density at radius 2 is 2.18 bits per heavy atom. The molecule has 0 aliphatic carbocycles. The van der Waals surface area contributed by atoms with Crippen molar-refractivity contribution in [1.82, 2.24) is 10.2 Å². The fourth-order valence-corrected chi connectivity index (χ4v) is 1.92. The van der Waals surface area contributed by atoms with Gasteiger partial charge in [-0.2, -0.15) is 0 Å². The highest BCUT2D eigenvalue weighted by Gasteiger charge is 2.33. The number of carbonyl (C=O) groups excluding carboxylic acids is 1.